The van der Waals surface area contributed by atoms with Crippen molar-refractivity contribution in [3.05, 3.63) is 24.2 Å². The molecule has 0 saturated carbocycles. The average molecular weight is 185 g/mol. The Bertz CT molecular complexity index is 198. The summed E-state index contributed by atoms with van der Waals surface area (Å²) in [5, 5.41) is 0. The molecule has 0 aliphatic carbocycles. The Labute approximate surface area is 77.5 Å². The lowest BCUT2D eigenvalue weighted by molar-refractivity contribution is 0.565. The number of thioether (sulfide) groups is 1. The monoisotopic (exact) mass is 185 g/mol. The van der Waals surface area contributed by atoms with Crippen molar-refractivity contribution >= 4 is 11.8 Å². The Morgan fingerprint density at radius 2 is 2.50 bits per heavy atom. The third kappa shape index (κ3) is 3.32. The Hall–Kier alpha value is -0.410. The zero-order valence-corrected chi connectivity index (χ0v) is 8.14. The summed E-state index contributed by atoms with van der Waals surface area (Å²) in [6.07, 6.45) is 3.50. The van der Waals surface area contributed by atoms with Gasteiger partial charge in [0.05, 0.1) is 12.5 Å². The highest BCUT2D eigenvalue weighted by atomic mass is 32.2. The fourth-order valence-corrected chi connectivity index (χ4v) is 1.88. The van der Waals surface area contributed by atoms with Gasteiger partial charge in [0.25, 0.3) is 0 Å². The molecular weight excluding hydrogens is 170 g/mol. The first-order valence-electron chi connectivity index (χ1n) is 4.12. The summed E-state index contributed by atoms with van der Waals surface area (Å²) in [6.45, 7) is 2.95. The van der Waals surface area contributed by atoms with E-state index in [-0.39, 0.29) is 0 Å². The number of hydrogen-bond acceptors (Lipinski definition) is 3. The average Bonchev–Trinajstić information content (AvgIpc) is 2.57. The van der Waals surface area contributed by atoms with Crippen LogP contribution in [0.5, 0.6) is 0 Å². The van der Waals surface area contributed by atoms with Crippen LogP contribution in [-0.2, 0) is 5.75 Å². The quantitative estimate of drug-likeness (QED) is 0.763. The molecule has 2 N–H and O–H groups in total. The minimum absolute atomic E-state index is 0.613. The normalized spacial score (nSPS) is 13.2. The van der Waals surface area contributed by atoms with E-state index in [9.17, 15) is 0 Å². The summed E-state index contributed by atoms with van der Waals surface area (Å²) in [5.74, 6) is 2.77. The van der Waals surface area contributed by atoms with Crippen molar-refractivity contribution in [3.63, 3.8) is 0 Å². The van der Waals surface area contributed by atoms with Gasteiger partial charge in [-0.25, -0.2) is 0 Å². The zero-order valence-electron chi connectivity index (χ0n) is 7.32. The Kier molecular flexibility index (Phi) is 4.25. The molecule has 1 unspecified atom stereocenters. The molecule has 1 heterocycles. The van der Waals surface area contributed by atoms with Crippen LogP contribution in [0.4, 0.5) is 0 Å². The first kappa shape index (κ1) is 9.68. The summed E-state index contributed by atoms with van der Waals surface area (Å²) >= 11 is 1.90. The summed E-state index contributed by atoms with van der Waals surface area (Å²) in [5.41, 5.74) is 6.75. The molecule has 1 aromatic heterocycles. The standard InChI is InChI=1S/C9H15NOS/c1-8(4-10)6-12-7-9-2-3-11-5-9/h2-3,5,8H,4,6-7,10H2,1H3. The van der Waals surface area contributed by atoms with Crippen molar-refractivity contribution in [1.29, 1.82) is 0 Å². The maximum Gasteiger partial charge on any atom is 0.0942 e. The molecular formula is C9H15NOS. The molecule has 1 aromatic rings. The fraction of sp³-hybridized carbons (Fsp3) is 0.556. The van der Waals surface area contributed by atoms with Crippen LogP contribution in [0.15, 0.2) is 23.0 Å². The van der Waals surface area contributed by atoms with E-state index in [0.717, 1.165) is 18.1 Å². The van der Waals surface area contributed by atoms with Gasteiger partial charge in [-0.3, -0.25) is 0 Å². The molecule has 0 aliphatic heterocycles. The van der Waals surface area contributed by atoms with E-state index >= 15 is 0 Å². The number of rotatable bonds is 5. The van der Waals surface area contributed by atoms with Crippen molar-refractivity contribution < 1.29 is 4.42 Å². The van der Waals surface area contributed by atoms with E-state index in [0.29, 0.717) is 5.92 Å². The van der Waals surface area contributed by atoms with E-state index in [1.54, 1.807) is 12.5 Å². The maximum atomic E-state index is 5.50. The van der Waals surface area contributed by atoms with Gasteiger partial charge in [-0.1, -0.05) is 6.92 Å². The third-order valence-corrected chi connectivity index (χ3v) is 3.00. The van der Waals surface area contributed by atoms with Crippen LogP contribution in [0.3, 0.4) is 0 Å². The van der Waals surface area contributed by atoms with Crippen LogP contribution < -0.4 is 5.73 Å². The molecule has 3 heteroatoms. The number of furan rings is 1. The fourth-order valence-electron chi connectivity index (χ4n) is 0.821. The van der Waals surface area contributed by atoms with Crippen LogP contribution in [0.2, 0.25) is 0 Å². The highest BCUT2D eigenvalue weighted by Gasteiger charge is 1.99. The first-order valence-corrected chi connectivity index (χ1v) is 5.27. The minimum Gasteiger partial charge on any atom is -0.472 e. The number of hydrogen-bond donors (Lipinski definition) is 1. The molecule has 0 amide bonds. The van der Waals surface area contributed by atoms with Crippen LogP contribution in [0, 0.1) is 5.92 Å². The minimum atomic E-state index is 0.613. The lowest BCUT2D eigenvalue weighted by Crippen LogP contribution is -2.12. The molecule has 68 valence electrons. The molecule has 1 rings (SSSR count). The lowest BCUT2D eigenvalue weighted by Gasteiger charge is -2.05. The molecule has 1 atom stereocenters. The zero-order chi connectivity index (χ0) is 8.81. The van der Waals surface area contributed by atoms with Gasteiger partial charge >= 0.3 is 0 Å². The predicted octanol–water partition coefficient (Wildman–Crippen LogP) is 2.11. The van der Waals surface area contributed by atoms with Crippen molar-refractivity contribution in [2.75, 3.05) is 12.3 Å². The predicted molar refractivity (Wildman–Crippen MR) is 53.1 cm³/mol. The van der Waals surface area contributed by atoms with Gasteiger partial charge in [0.1, 0.15) is 0 Å². The van der Waals surface area contributed by atoms with Gasteiger partial charge < -0.3 is 10.2 Å². The van der Waals surface area contributed by atoms with Crippen LogP contribution in [-0.4, -0.2) is 12.3 Å². The topological polar surface area (TPSA) is 39.2 Å². The Morgan fingerprint density at radius 3 is 3.08 bits per heavy atom. The third-order valence-electron chi connectivity index (χ3n) is 1.65. The maximum absolute atomic E-state index is 5.50. The molecule has 0 fully saturated rings. The van der Waals surface area contributed by atoms with Crippen LogP contribution in [0.1, 0.15) is 12.5 Å². The van der Waals surface area contributed by atoms with Gasteiger partial charge in [0, 0.05) is 11.3 Å². The molecule has 2 nitrogen and oxygen atoms in total. The Morgan fingerprint density at radius 1 is 1.67 bits per heavy atom. The SMILES string of the molecule is CC(CN)CSCc1ccoc1. The van der Waals surface area contributed by atoms with E-state index in [1.807, 2.05) is 17.8 Å². The van der Waals surface area contributed by atoms with Gasteiger partial charge in [-0.2, -0.15) is 11.8 Å². The molecule has 0 saturated heterocycles. The van der Waals surface area contributed by atoms with Gasteiger partial charge in [0.15, 0.2) is 0 Å². The Balaban J connectivity index is 2.11. The summed E-state index contributed by atoms with van der Waals surface area (Å²) in [7, 11) is 0. The van der Waals surface area contributed by atoms with Gasteiger partial charge in [-0.15, -0.1) is 0 Å². The second kappa shape index (κ2) is 5.27. The number of nitrogens with two attached hydrogens (primary N) is 1. The van der Waals surface area contributed by atoms with E-state index in [4.69, 9.17) is 10.2 Å². The summed E-state index contributed by atoms with van der Waals surface area (Å²) < 4.78 is 4.96. The second-order valence-corrected chi connectivity index (χ2v) is 4.02. The molecule has 12 heavy (non-hydrogen) atoms. The molecule has 0 aliphatic rings. The van der Waals surface area contributed by atoms with Gasteiger partial charge in [-0.05, 0) is 24.3 Å². The molecule has 0 aromatic carbocycles. The first-order chi connectivity index (χ1) is 5.83. The molecule has 0 bridgehead atoms. The van der Waals surface area contributed by atoms with Crippen molar-refractivity contribution in [2.24, 2.45) is 11.7 Å². The second-order valence-electron chi connectivity index (χ2n) is 2.99. The van der Waals surface area contributed by atoms with Crippen LogP contribution >= 0.6 is 11.8 Å². The van der Waals surface area contributed by atoms with Crippen molar-refractivity contribution in [3.8, 4) is 0 Å². The van der Waals surface area contributed by atoms with Gasteiger partial charge in [0.2, 0.25) is 0 Å². The highest BCUT2D eigenvalue weighted by molar-refractivity contribution is 7.98. The lowest BCUT2D eigenvalue weighted by atomic mass is 10.2. The van der Waals surface area contributed by atoms with Crippen LogP contribution in [0.25, 0.3) is 0 Å². The summed E-state index contributed by atoms with van der Waals surface area (Å²) in [6, 6.07) is 2.00. The smallest absolute Gasteiger partial charge is 0.0942 e. The van der Waals surface area contributed by atoms with Crippen molar-refractivity contribution in [1.82, 2.24) is 0 Å². The van der Waals surface area contributed by atoms with Crippen molar-refractivity contribution in [2.45, 2.75) is 12.7 Å². The van der Waals surface area contributed by atoms with E-state index < -0.39 is 0 Å². The molecule has 0 spiro atoms. The summed E-state index contributed by atoms with van der Waals surface area (Å²) in [4.78, 5) is 0. The van der Waals surface area contributed by atoms with E-state index in [2.05, 4.69) is 6.92 Å². The highest BCUT2D eigenvalue weighted by Crippen LogP contribution is 2.14. The van der Waals surface area contributed by atoms with E-state index in [1.165, 1.54) is 5.56 Å². The molecule has 0 radical (unpaired) electrons. The largest absolute Gasteiger partial charge is 0.472 e.